The number of methoxy groups -OCH3 is 1. The Morgan fingerprint density at radius 3 is 2.22 bits per heavy atom. The predicted octanol–water partition coefficient (Wildman–Crippen LogP) is 3.25. The maximum Gasteiger partial charge on any atom is 0.0727 e. The zero-order chi connectivity index (χ0) is 13.5. The van der Waals surface area contributed by atoms with Crippen LogP contribution in [0.15, 0.2) is 18.2 Å². The van der Waals surface area contributed by atoms with E-state index in [1.54, 1.807) is 0 Å². The molecule has 2 unspecified atom stereocenters. The largest absolute Gasteiger partial charge is 0.380 e. The van der Waals surface area contributed by atoms with Crippen molar-refractivity contribution in [3.05, 3.63) is 34.9 Å². The number of hydrogen-bond acceptors (Lipinski definition) is 2. The van der Waals surface area contributed by atoms with E-state index in [1.165, 1.54) is 16.7 Å². The minimum Gasteiger partial charge on any atom is -0.380 e. The van der Waals surface area contributed by atoms with Gasteiger partial charge in [-0.2, -0.15) is 0 Å². The first-order valence-electron chi connectivity index (χ1n) is 6.88. The van der Waals surface area contributed by atoms with Gasteiger partial charge < -0.3 is 10.1 Å². The standard InChI is InChI=1S/C16H27NO/c1-6-7-16(18-5)15(17-4)11-14-9-12(2)8-13(3)10-14/h8-10,15-17H,6-7,11H2,1-5H3. The van der Waals surface area contributed by atoms with Gasteiger partial charge in [-0.15, -0.1) is 0 Å². The molecule has 1 rings (SSSR count). The summed E-state index contributed by atoms with van der Waals surface area (Å²) in [4.78, 5) is 0. The molecule has 2 nitrogen and oxygen atoms in total. The number of hydrogen-bond donors (Lipinski definition) is 1. The number of ether oxygens (including phenoxy) is 1. The van der Waals surface area contributed by atoms with Gasteiger partial charge in [-0.1, -0.05) is 42.7 Å². The molecular formula is C16H27NO. The van der Waals surface area contributed by atoms with Crippen LogP contribution in [-0.2, 0) is 11.2 Å². The summed E-state index contributed by atoms with van der Waals surface area (Å²) in [7, 11) is 3.83. The third kappa shape index (κ3) is 4.43. The molecule has 0 heterocycles. The molecule has 1 aromatic rings. The molecule has 0 fully saturated rings. The van der Waals surface area contributed by atoms with E-state index < -0.39 is 0 Å². The number of aryl methyl sites for hydroxylation is 2. The average molecular weight is 249 g/mol. The van der Waals surface area contributed by atoms with Crippen molar-refractivity contribution in [2.75, 3.05) is 14.2 Å². The number of likely N-dealkylation sites (N-methyl/N-ethyl adjacent to an activating group) is 1. The Morgan fingerprint density at radius 1 is 1.17 bits per heavy atom. The third-order valence-electron chi connectivity index (χ3n) is 3.43. The molecule has 0 amide bonds. The summed E-state index contributed by atoms with van der Waals surface area (Å²) in [6, 6.07) is 7.15. The van der Waals surface area contributed by atoms with E-state index in [0.29, 0.717) is 12.1 Å². The van der Waals surface area contributed by atoms with E-state index in [2.05, 4.69) is 44.3 Å². The average Bonchev–Trinajstić information content (AvgIpc) is 2.32. The van der Waals surface area contributed by atoms with E-state index >= 15 is 0 Å². The fourth-order valence-corrected chi connectivity index (χ4v) is 2.63. The Labute approximate surface area is 112 Å². The lowest BCUT2D eigenvalue weighted by atomic mass is 9.96. The first kappa shape index (κ1) is 15.2. The summed E-state index contributed by atoms with van der Waals surface area (Å²) in [5.41, 5.74) is 4.07. The van der Waals surface area contributed by atoms with Gasteiger partial charge in [0.1, 0.15) is 0 Å². The van der Waals surface area contributed by atoms with Crippen LogP contribution < -0.4 is 5.32 Å². The Bertz CT molecular complexity index is 342. The van der Waals surface area contributed by atoms with Crippen molar-refractivity contribution in [1.82, 2.24) is 5.32 Å². The minimum absolute atomic E-state index is 0.292. The SMILES string of the molecule is CCCC(OC)C(Cc1cc(C)cc(C)c1)NC. The van der Waals surface area contributed by atoms with Crippen LogP contribution in [0.25, 0.3) is 0 Å². The second-order valence-corrected chi connectivity index (χ2v) is 5.16. The van der Waals surface area contributed by atoms with Crippen LogP contribution in [0.3, 0.4) is 0 Å². The summed E-state index contributed by atoms with van der Waals surface area (Å²) in [5, 5.41) is 3.40. The second kappa shape index (κ2) is 7.55. The molecule has 0 aliphatic heterocycles. The van der Waals surface area contributed by atoms with Crippen molar-refractivity contribution in [2.45, 2.75) is 52.2 Å². The maximum atomic E-state index is 5.61. The Balaban J connectivity index is 2.77. The van der Waals surface area contributed by atoms with E-state index in [0.717, 1.165) is 19.3 Å². The zero-order valence-corrected chi connectivity index (χ0v) is 12.4. The van der Waals surface area contributed by atoms with E-state index in [4.69, 9.17) is 4.74 Å². The van der Waals surface area contributed by atoms with Gasteiger partial charge in [0.2, 0.25) is 0 Å². The number of nitrogens with one attached hydrogen (secondary N) is 1. The van der Waals surface area contributed by atoms with Crippen LogP contribution in [0.4, 0.5) is 0 Å². The van der Waals surface area contributed by atoms with Crippen molar-refractivity contribution in [3.63, 3.8) is 0 Å². The maximum absolute atomic E-state index is 5.61. The van der Waals surface area contributed by atoms with Crippen molar-refractivity contribution in [3.8, 4) is 0 Å². The first-order valence-corrected chi connectivity index (χ1v) is 6.88. The molecule has 0 radical (unpaired) electrons. The monoisotopic (exact) mass is 249 g/mol. The van der Waals surface area contributed by atoms with Gasteiger partial charge in [0.05, 0.1) is 6.10 Å². The topological polar surface area (TPSA) is 21.3 Å². The highest BCUT2D eigenvalue weighted by molar-refractivity contribution is 5.29. The fraction of sp³-hybridized carbons (Fsp3) is 0.625. The summed E-state index contributed by atoms with van der Waals surface area (Å²) in [6.45, 7) is 6.52. The van der Waals surface area contributed by atoms with Crippen LogP contribution in [-0.4, -0.2) is 26.3 Å². The normalized spacial score (nSPS) is 14.5. The highest BCUT2D eigenvalue weighted by Gasteiger charge is 2.19. The molecule has 1 N–H and O–H groups in total. The van der Waals surface area contributed by atoms with Crippen LogP contribution >= 0.6 is 0 Å². The van der Waals surface area contributed by atoms with Gasteiger partial charge in [-0.3, -0.25) is 0 Å². The van der Waals surface area contributed by atoms with E-state index in [1.807, 2.05) is 14.2 Å². The van der Waals surface area contributed by atoms with Crippen molar-refractivity contribution in [1.29, 1.82) is 0 Å². The molecular weight excluding hydrogens is 222 g/mol. The molecule has 0 aliphatic carbocycles. The predicted molar refractivity (Wildman–Crippen MR) is 78.2 cm³/mol. The van der Waals surface area contributed by atoms with E-state index in [-0.39, 0.29) is 0 Å². The first-order chi connectivity index (χ1) is 8.60. The van der Waals surface area contributed by atoms with Gasteiger partial charge in [0.15, 0.2) is 0 Å². The van der Waals surface area contributed by atoms with Crippen molar-refractivity contribution >= 4 is 0 Å². The van der Waals surface area contributed by atoms with Crippen LogP contribution in [0.1, 0.15) is 36.5 Å². The summed E-state index contributed by atoms with van der Waals surface area (Å²) >= 11 is 0. The number of rotatable bonds is 7. The van der Waals surface area contributed by atoms with Crippen molar-refractivity contribution in [2.24, 2.45) is 0 Å². The van der Waals surface area contributed by atoms with Crippen molar-refractivity contribution < 1.29 is 4.74 Å². The quantitative estimate of drug-likeness (QED) is 0.801. The molecule has 0 saturated heterocycles. The fourth-order valence-electron chi connectivity index (χ4n) is 2.63. The summed E-state index contributed by atoms with van der Waals surface area (Å²) in [5.74, 6) is 0. The molecule has 2 heteroatoms. The highest BCUT2D eigenvalue weighted by atomic mass is 16.5. The third-order valence-corrected chi connectivity index (χ3v) is 3.43. The Morgan fingerprint density at radius 2 is 1.78 bits per heavy atom. The smallest absolute Gasteiger partial charge is 0.0727 e. The van der Waals surface area contributed by atoms with Crippen LogP contribution in [0, 0.1) is 13.8 Å². The van der Waals surface area contributed by atoms with Gasteiger partial charge in [0, 0.05) is 13.2 Å². The van der Waals surface area contributed by atoms with Gasteiger partial charge in [0.25, 0.3) is 0 Å². The zero-order valence-electron chi connectivity index (χ0n) is 12.4. The molecule has 1 aromatic carbocycles. The summed E-state index contributed by atoms with van der Waals surface area (Å²) in [6.07, 6.45) is 3.58. The molecule has 102 valence electrons. The lowest BCUT2D eigenvalue weighted by molar-refractivity contribution is 0.0633. The molecule has 0 saturated carbocycles. The Kier molecular flexibility index (Phi) is 6.37. The minimum atomic E-state index is 0.292. The van der Waals surface area contributed by atoms with E-state index in [9.17, 15) is 0 Å². The molecule has 0 spiro atoms. The second-order valence-electron chi connectivity index (χ2n) is 5.16. The summed E-state index contributed by atoms with van der Waals surface area (Å²) < 4.78 is 5.61. The molecule has 0 aliphatic rings. The molecule has 0 aromatic heterocycles. The molecule has 18 heavy (non-hydrogen) atoms. The van der Waals surface area contributed by atoms with Gasteiger partial charge >= 0.3 is 0 Å². The van der Waals surface area contributed by atoms with Gasteiger partial charge in [-0.05, 0) is 39.3 Å². The van der Waals surface area contributed by atoms with Crippen LogP contribution in [0.2, 0.25) is 0 Å². The molecule has 2 atom stereocenters. The Hall–Kier alpha value is -0.860. The highest BCUT2D eigenvalue weighted by Crippen LogP contribution is 2.15. The van der Waals surface area contributed by atoms with Crippen LogP contribution in [0.5, 0.6) is 0 Å². The molecule has 0 bridgehead atoms. The lowest BCUT2D eigenvalue weighted by Crippen LogP contribution is -2.40. The lowest BCUT2D eigenvalue weighted by Gasteiger charge is -2.26. The van der Waals surface area contributed by atoms with Gasteiger partial charge in [-0.25, -0.2) is 0 Å². The number of benzene rings is 1.